The maximum Gasteiger partial charge on any atom is 0.175 e. The first-order valence-electron chi connectivity index (χ1n) is 7.48. The third-order valence-corrected chi connectivity index (χ3v) is 5.67. The highest BCUT2D eigenvalue weighted by Gasteiger charge is 2.24. The van der Waals surface area contributed by atoms with Crippen molar-refractivity contribution in [1.82, 2.24) is 4.90 Å². The van der Waals surface area contributed by atoms with Crippen LogP contribution in [0.3, 0.4) is 0 Å². The average molecular weight is 311 g/mol. The van der Waals surface area contributed by atoms with Crippen LogP contribution in [0.1, 0.15) is 31.9 Å². The Bertz CT molecular complexity index is 568. The van der Waals surface area contributed by atoms with Gasteiger partial charge in [-0.05, 0) is 42.5 Å². The Morgan fingerprint density at radius 2 is 1.86 bits per heavy atom. The number of benzene rings is 1. The van der Waals surface area contributed by atoms with Gasteiger partial charge in [0, 0.05) is 19.3 Å². The smallest absolute Gasteiger partial charge is 0.175 e. The number of piperidine rings is 1. The van der Waals surface area contributed by atoms with Gasteiger partial charge in [0.15, 0.2) is 9.84 Å². The van der Waals surface area contributed by atoms with Crippen LogP contribution in [0.2, 0.25) is 0 Å². The normalized spacial score (nSPS) is 25.7. The Kier molecular flexibility index (Phi) is 5.07. The molecule has 1 heterocycles. The predicted octanol–water partition coefficient (Wildman–Crippen LogP) is 2.10. The number of hydrogen-bond donors (Lipinski definition) is 1. The van der Waals surface area contributed by atoms with Gasteiger partial charge in [0.1, 0.15) is 0 Å². The molecule has 3 atom stereocenters. The highest BCUT2D eigenvalue weighted by Crippen LogP contribution is 2.25. The molecule has 0 aliphatic carbocycles. The Morgan fingerprint density at radius 3 is 2.38 bits per heavy atom. The van der Waals surface area contributed by atoms with E-state index in [4.69, 9.17) is 0 Å². The lowest BCUT2D eigenvalue weighted by Gasteiger charge is -2.36. The molecule has 0 radical (unpaired) electrons. The van der Waals surface area contributed by atoms with Crippen molar-refractivity contribution < 1.29 is 13.5 Å². The summed E-state index contributed by atoms with van der Waals surface area (Å²) in [4.78, 5) is 2.58. The van der Waals surface area contributed by atoms with Gasteiger partial charge in [0.05, 0.1) is 11.0 Å². The maximum absolute atomic E-state index is 11.4. The van der Waals surface area contributed by atoms with E-state index in [0.29, 0.717) is 17.4 Å². The molecule has 1 aliphatic rings. The largest absolute Gasteiger partial charge is 0.387 e. The van der Waals surface area contributed by atoms with Gasteiger partial charge < -0.3 is 10.0 Å². The Balaban J connectivity index is 1.99. The fourth-order valence-electron chi connectivity index (χ4n) is 2.80. The summed E-state index contributed by atoms with van der Waals surface area (Å²) >= 11 is 0. The predicted molar refractivity (Wildman–Crippen MR) is 83.9 cm³/mol. The zero-order valence-electron chi connectivity index (χ0n) is 13.0. The van der Waals surface area contributed by atoms with E-state index in [0.717, 1.165) is 24.6 Å². The molecule has 4 nitrogen and oxygen atoms in total. The van der Waals surface area contributed by atoms with Gasteiger partial charge in [-0.2, -0.15) is 0 Å². The molecule has 0 aromatic heterocycles. The molecule has 5 heteroatoms. The minimum atomic E-state index is -3.18. The molecule has 2 rings (SSSR count). The molecule has 0 spiro atoms. The summed E-state index contributed by atoms with van der Waals surface area (Å²) in [7, 11) is -3.18. The van der Waals surface area contributed by atoms with Gasteiger partial charge in [0.2, 0.25) is 0 Å². The van der Waals surface area contributed by atoms with Crippen molar-refractivity contribution in [1.29, 1.82) is 0 Å². The molecule has 1 aromatic rings. The van der Waals surface area contributed by atoms with E-state index in [1.54, 1.807) is 24.3 Å². The third-order valence-electron chi connectivity index (χ3n) is 4.54. The van der Waals surface area contributed by atoms with Gasteiger partial charge in [-0.1, -0.05) is 26.0 Å². The monoisotopic (exact) mass is 311 g/mol. The fraction of sp³-hybridized carbons (Fsp3) is 0.625. The zero-order chi connectivity index (χ0) is 15.6. The molecule has 1 saturated heterocycles. The fourth-order valence-corrected chi connectivity index (χ4v) is 3.43. The molecule has 118 valence electrons. The molecule has 1 aromatic carbocycles. The third kappa shape index (κ3) is 4.28. The number of aliphatic hydroxyl groups excluding tert-OH is 1. The van der Waals surface area contributed by atoms with Gasteiger partial charge >= 0.3 is 0 Å². The average Bonchev–Trinajstić information content (AvgIpc) is 2.42. The summed E-state index contributed by atoms with van der Waals surface area (Å²) in [6.07, 6.45) is 1.79. The van der Waals surface area contributed by atoms with Gasteiger partial charge in [-0.15, -0.1) is 0 Å². The van der Waals surface area contributed by atoms with Crippen molar-refractivity contribution in [3.63, 3.8) is 0 Å². The number of hydrogen-bond acceptors (Lipinski definition) is 4. The summed E-state index contributed by atoms with van der Waals surface area (Å²) in [5.41, 5.74) is 0.772. The van der Waals surface area contributed by atoms with E-state index in [9.17, 15) is 13.5 Å². The molecular weight excluding hydrogens is 286 g/mol. The standard InChI is InChI=1S/C16H25NO3S/c1-12-8-9-17(10-13(12)2)11-16(18)14-4-6-15(7-5-14)21(3,19)20/h4-7,12-13,16,18H,8-11H2,1-3H3. The quantitative estimate of drug-likeness (QED) is 0.925. The van der Waals surface area contributed by atoms with Crippen LogP contribution in [0.25, 0.3) is 0 Å². The first kappa shape index (κ1) is 16.5. The van der Waals surface area contributed by atoms with E-state index >= 15 is 0 Å². The SMILES string of the molecule is CC1CCN(CC(O)c2ccc(S(C)(=O)=O)cc2)CC1C. The van der Waals surface area contributed by atoms with E-state index in [1.165, 1.54) is 12.7 Å². The van der Waals surface area contributed by atoms with Crippen molar-refractivity contribution in [3.05, 3.63) is 29.8 Å². The van der Waals surface area contributed by atoms with Crippen LogP contribution >= 0.6 is 0 Å². The number of sulfone groups is 1. The number of likely N-dealkylation sites (tertiary alicyclic amines) is 1. The summed E-state index contributed by atoms with van der Waals surface area (Å²) in [5.74, 6) is 1.39. The minimum absolute atomic E-state index is 0.291. The van der Waals surface area contributed by atoms with Crippen molar-refractivity contribution in [2.24, 2.45) is 11.8 Å². The maximum atomic E-state index is 11.4. The van der Waals surface area contributed by atoms with E-state index in [2.05, 4.69) is 18.7 Å². The summed E-state index contributed by atoms with van der Waals surface area (Å²) in [6, 6.07) is 6.54. The Morgan fingerprint density at radius 1 is 1.24 bits per heavy atom. The van der Waals surface area contributed by atoms with E-state index in [-0.39, 0.29) is 0 Å². The van der Waals surface area contributed by atoms with Gasteiger partial charge in [0.25, 0.3) is 0 Å². The second-order valence-corrected chi connectivity index (χ2v) is 8.38. The number of β-amino-alcohol motifs (C(OH)–C–C–N with tert-alkyl or cyclic N) is 1. The highest BCUT2D eigenvalue weighted by atomic mass is 32.2. The lowest BCUT2D eigenvalue weighted by Crippen LogP contribution is -2.40. The van der Waals surface area contributed by atoms with Crippen LogP contribution in [-0.2, 0) is 9.84 Å². The summed E-state index contributed by atoms with van der Waals surface area (Å²) in [5, 5.41) is 10.3. The van der Waals surface area contributed by atoms with Crippen LogP contribution in [-0.4, -0.2) is 44.3 Å². The molecule has 1 N–H and O–H groups in total. The lowest BCUT2D eigenvalue weighted by molar-refractivity contribution is 0.0705. The molecule has 3 unspecified atom stereocenters. The molecular formula is C16H25NO3S. The summed E-state index contributed by atoms with van der Waals surface area (Å²) < 4.78 is 22.9. The second kappa shape index (κ2) is 6.46. The first-order valence-corrected chi connectivity index (χ1v) is 9.37. The van der Waals surface area contributed by atoms with Crippen LogP contribution < -0.4 is 0 Å². The second-order valence-electron chi connectivity index (χ2n) is 6.36. The van der Waals surface area contributed by atoms with Crippen molar-refractivity contribution in [3.8, 4) is 0 Å². The number of rotatable bonds is 4. The molecule has 0 amide bonds. The van der Waals surface area contributed by atoms with Gasteiger partial charge in [-0.25, -0.2) is 8.42 Å². The topological polar surface area (TPSA) is 57.6 Å². The van der Waals surface area contributed by atoms with E-state index < -0.39 is 15.9 Å². The zero-order valence-corrected chi connectivity index (χ0v) is 13.8. The molecule has 0 saturated carbocycles. The van der Waals surface area contributed by atoms with Crippen molar-refractivity contribution in [2.75, 3.05) is 25.9 Å². The van der Waals surface area contributed by atoms with Gasteiger partial charge in [-0.3, -0.25) is 0 Å². The first-order chi connectivity index (χ1) is 9.77. The van der Waals surface area contributed by atoms with E-state index in [1.807, 2.05) is 0 Å². The van der Waals surface area contributed by atoms with Crippen LogP contribution in [0.15, 0.2) is 29.2 Å². The molecule has 1 aliphatic heterocycles. The number of aliphatic hydroxyl groups is 1. The highest BCUT2D eigenvalue weighted by molar-refractivity contribution is 7.90. The summed E-state index contributed by atoms with van der Waals surface area (Å²) in [6.45, 7) is 7.17. The molecule has 1 fully saturated rings. The lowest BCUT2D eigenvalue weighted by atomic mass is 9.88. The molecule has 0 bridgehead atoms. The molecule has 21 heavy (non-hydrogen) atoms. The van der Waals surface area contributed by atoms with Crippen LogP contribution in [0.4, 0.5) is 0 Å². The Labute approximate surface area is 127 Å². The van der Waals surface area contributed by atoms with Crippen LogP contribution in [0.5, 0.6) is 0 Å². The number of nitrogens with zero attached hydrogens (tertiary/aromatic N) is 1. The van der Waals surface area contributed by atoms with Crippen LogP contribution in [0, 0.1) is 11.8 Å². The Hall–Kier alpha value is -0.910. The van der Waals surface area contributed by atoms with Crippen molar-refractivity contribution in [2.45, 2.75) is 31.3 Å². The minimum Gasteiger partial charge on any atom is -0.387 e. The van der Waals surface area contributed by atoms with Crippen molar-refractivity contribution >= 4 is 9.84 Å².